The zero-order valence-electron chi connectivity index (χ0n) is 22.1. The SMILES string of the molecule is CC(=O)O.OCc1cc([C@@H](O)CNCCCCCCOCCOCc2cccc3ccccc23)ccc1O. The fourth-order valence-electron chi connectivity index (χ4n) is 3.92. The Morgan fingerprint density at radius 3 is 2.39 bits per heavy atom. The van der Waals surface area contributed by atoms with Crippen LogP contribution in [-0.4, -0.2) is 59.3 Å². The Hall–Kier alpha value is -3.01. The average Bonchev–Trinajstić information content (AvgIpc) is 2.91. The maximum Gasteiger partial charge on any atom is 0.300 e. The molecule has 0 saturated heterocycles. The molecule has 3 aromatic carbocycles. The van der Waals surface area contributed by atoms with Gasteiger partial charge in [-0.25, -0.2) is 0 Å². The lowest BCUT2D eigenvalue weighted by Gasteiger charge is -2.14. The third-order valence-electron chi connectivity index (χ3n) is 5.90. The first-order chi connectivity index (χ1) is 18.4. The molecule has 0 bridgehead atoms. The molecule has 0 saturated carbocycles. The van der Waals surface area contributed by atoms with E-state index in [1.54, 1.807) is 12.1 Å². The Kier molecular flexibility index (Phi) is 15.0. The molecule has 0 fully saturated rings. The third-order valence-corrected chi connectivity index (χ3v) is 5.90. The molecule has 0 unspecified atom stereocenters. The predicted molar refractivity (Wildman–Crippen MR) is 148 cm³/mol. The second kappa shape index (κ2) is 18.3. The van der Waals surface area contributed by atoms with E-state index < -0.39 is 12.1 Å². The van der Waals surface area contributed by atoms with Crippen LogP contribution in [0.3, 0.4) is 0 Å². The predicted octanol–water partition coefficient (Wildman–Crippen LogP) is 4.55. The number of hydrogen-bond donors (Lipinski definition) is 5. The van der Waals surface area contributed by atoms with Crippen molar-refractivity contribution in [2.75, 3.05) is 32.9 Å². The summed E-state index contributed by atoms with van der Waals surface area (Å²) in [5.74, 6) is -0.788. The number of unbranched alkanes of at least 4 members (excludes halogenated alkanes) is 3. The molecule has 1 atom stereocenters. The lowest BCUT2D eigenvalue weighted by Crippen LogP contribution is -2.22. The van der Waals surface area contributed by atoms with Gasteiger partial charge in [-0.15, -0.1) is 0 Å². The summed E-state index contributed by atoms with van der Waals surface area (Å²) in [6.45, 7) is 4.67. The maximum absolute atomic E-state index is 10.3. The van der Waals surface area contributed by atoms with E-state index in [4.69, 9.17) is 19.4 Å². The molecule has 0 aliphatic heterocycles. The smallest absolute Gasteiger partial charge is 0.300 e. The number of aliphatic hydroxyl groups excluding tert-OH is 2. The van der Waals surface area contributed by atoms with Crippen molar-refractivity contribution in [3.8, 4) is 5.75 Å². The van der Waals surface area contributed by atoms with Gasteiger partial charge in [-0.3, -0.25) is 4.79 Å². The van der Waals surface area contributed by atoms with Gasteiger partial charge in [0.2, 0.25) is 0 Å². The Labute approximate surface area is 224 Å². The number of carboxylic acid groups (broad SMARTS) is 1. The van der Waals surface area contributed by atoms with Crippen LogP contribution in [0.25, 0.3) is 10.8 Å². The van der Waals surface area contributed by atoms with Crippen LogP contribution in [0, 0.1) is 0 Å². The van der Waals surface area contributed by atoms with Gasteiger partial charge in [0.15, 0.2) is 0 Å². The Morgan fingerprint density at radius 2 is 1.61 bits per heavy atom. The molecular weight excluding hydrogens is 486 g/mol. The molecule has 0 aliphatic carbocycles. The number of aliphatic carboxylic acids is 1. The average molecular weight is 528 g/mol. The summed E-state index contributed by atoms with van der Waals surface area (Å²) in [5, 5.41) is 42.2. The van der Waals surface area contributed by atoms with Gasteiger partial charge in [0, 0.05) is 25.6 Å². The van der Waals surface area contributed by atoms with Crippen molar-refractivity contribution < 1.29 is 34.7 Å². The van der Waals surface area contributed by atoms with Gasteiger partial charge < -0.3 is 35.2 Å². The van der Waals surface area contributed by atoms with Crippen LogP contribution < -0.4 is 5.32 Å². The number of rotatable bonds is 16. The first-order valence-corrected chi connectivity index (χ1v) is 13.1. The molecule has 3 aromatic rings. The van der Waals surface area contributed by atoms with Crippen molar-refractivity contribution in [2.45, 2.75) is 51.9 Å². The molecule has 3 rings (SSSR count). The minimum Gasteiger partial charge on any atom is -0.508 e. The van der Waals surface area contributed by atoms with Gasteiger partial charge in [-0.2, -0.15) is 0 Å². The molecule has 8 heteroatoms. The highest BCUT2D eigenvalue weighted by molar-refractivity contribution is 5.85. The van der Waals surface area contributed by atoms with Gasteiger partial charge >= 0.3 is 0 Å². The topological polar surface area (TPSA) is 128 Å². The van der Waals surface area contributed by atoms with Crippen LogP contribution in [0.4, 0.5) is 0 Å². The largest absolute Gasteiger partial charge is 0.508 e. The monoisotopic (exact) mass is 527 g/mol. The highest BCUT2D eigenvalue weighted by Gasteiger charge is 2.10. The van der Waals surface area contributed by atoms with E-state index in [1.165, 1.54) is 22.4 Å². The van der Waals surface area contributed by atoms with Crippen LogP contribution in [0.15, 0.2) is 60.7 Å². The van der Waals surface area contributed by atoms with Crippen molar-refractivity contribution in [3.63, 3.8) is 0 Å². The van der Waals surface area contributed by atoms with Crippen LogP contribution in [0.1, 0.15) is 55.4 Å². The van der Waals surface area contributed by atoms with Gasteiger partial charge in [0.25, 0.3) is 5.97 Å². The molecule has 0 radical (unpaired) electrons. The number of aliphatic hydroxyl groups is 2. The van der Waals surface area contributed by atoms with Crippen molar-refractivity contribution in [3.05, 3.63) is 77.4 Å². The first-order valence-electron chi connectivity index (χ1n) is 13.1. The Morgan fingerprint density at radius 1 is 0.895 bits per heavy atom. The van der Waals surface area contributed by atoms with Gasteiger partial charge in [-0.1, -0.05) is 61.4 Å². The molecule has 0 amide bonds. The van der Waals surface area contributed by atoms with Crippen molar-refractivity contribution in [1.82, 2.24) is 5.32 Å². The summed E-state index contributed by atoms with van der Waals surface area (Å²) in [6.07, 6.45) is 3.63. The Balaban J connectivity index is 0.00000118. The second-order valence-electron chi connectivity index (χ2n) is 9.00. The summed E-state index contributed by atoms with van der Waals surface area (Å²) >= 11 is 0. The fourth-order valence-corrected chi connectivity index (χ4v) is 3.92. The molecular formula is C30H41NO7. The van der Waals surface area contributed by atoms with Gasteiger partial charge in [0.1, 0.15) is 5.75 Å². The second-order valence-corrected chi connectivity index (χ2v) is 9.00. The molecule has 5 N–H and O–H groups in total. The highest BCUT2D eigenvalue weighted by atomic mass is 16.5. The van der Waals surface area contributed by atoms with E-state index in [0.29, 0.717) is 37.5 Å². The summed E-state index contributed by atoms with van der Waals surface area (Å²) in [4.78, 5) is 9.00. The molecule has 0 aromatic heterocycles. The number of aromatic hydroxyl groups is 1. The van der Waals surface area contributed by atoms with E-state index >= 15 is 0 Å². The minimum atomic E-state index is -0.833. The van der Waals surface area contributed by atoms with E-state index in [0.717, 1.165) is 45.8 Å². The van der Waals surface area contributed by atoms with Crippen LogP contribution in [0.5, 0.6) is 5.75 Å². The fraction of sp³-hybridized carbons (Fsp3) is 0.433. The third kappa shape index (κ3) is 12.0. The number of benzene rings is 3. The molecule has 0 heterocycles. The van der Waals surface area contributed by atoms with Gasteiger partial charge in [0.05, 0.1) is 32.5 Å². The summed E-state index contributed by atoms with van der Waals surface area (Å²) in [7, 11) is 0. The lowest BCUT2D eigenvalue weighted by atomic mass is 10.1. The highest BCUT2D eigenvalue weighted by Crippen LogP contribution is 2.22. The lowest BCUT2D eigenvalue weighted by molar-refractivity contribution is -0.134. The number of phenols is 1. The number of nitrogens with one attached hydrogen (secondary N) is 1. The number of carbonyl (C=O) groups is 1. The first kappa shape index (κ1) is 31.2. The zero-order chi connectivity index (χ0) is 27.6. The molecule has 208 valence electrons. The van der Waals surface area contributed by atoms with E-state index in [1.807, 2.05) is 0 Å². The number of hydrogen-bond acceptors (Lipinski definition) is 7. The van der Waals surface area contributed by atoms with Gasteiger partial charge in [-0.05, 0) is 53.4 Å². The maximum atomic E-state index is 10.3. The van der Waals surface area contributed by atoms with Crippen LogP contribution in [0.2, 0.25) is 0 Å². The van der Waals surface area contributed by atoms with E-state index in [-0.39, 0.29) is 12.4 Å². The van der Waals surface area contributed by atoms with Crippen LogP contribution in [-0.2, 0) is 27.5 Å². The minimum absolute atomic E-state index is 0.0452. The molecule has 0 aliphatic rings. The standard InChI is InChI=1S/C28H37NO5.C2H4O2/c30-20-25-18-23(12-13-27(25)31)28(32)19-29-14-5-1-2-6-15-33-16-17-34-21-24-10-7-9-22-8-3-4-11-26(22)24;1-2(3)4/h3-4,7-13,18,28-32H,1-2,5-6,14-17,19-21H2;1H3,(H,3,4)/t28-;/m0./s1. The molecule has 38 heavy (non-hydrogen) atoms. The van der Waals surface area contributed by atoms with Crippen LogP contribution >= 0.6 is 0 Å². The number of ether oxygens (including phenoxy) is 2. The van der Waals surface area contributed by atoms with E-state index in [9.17, 15) is 15.3 Å². The van der Waals surface area contributed by atoms with Crippen molar-refractivity contribution >= 4 is 16.7 Å². The summed E-state index contributed by atoms with van der Waals surface area (Å²) in [5.41, 5.74) is 2.32. The number of fused-ring (bicyclic) bond motifs is 1. The molecule has 0 spiro atoms. The summed E-state index contributed by atoms with van der Waals surface area (Å²) < 4.78 is 11.5. The number of carboxylic acids is 1. The normalized spacial score (nSPS) is 11.7. The quantitative estimate of drug-likeness (QED) is 0.172. The summed E-state index contributed by atoms with van der Waals surface area (Å²) in [6, 6.07) is 19.5. The zero-order valence-corrected chi connectivity index (χ0v) is 22.1. The van der Waals surface area contributed by atoms with Crippen molar-refractivity contribution in [2.24, 2.45) is 0 Å². The Bertz CT molecular complexity index is 1080. The molecule has 8 nitrogen and oxygen atoms in total. The van der Waals surface area contributed by atoms with E-state index in [2.05, 4.69) is 47.8 Å². The van der Waals surface area contributed by atoms with Crippen molar-refractivity contribution in [1.29, 1.82) is 0 Å².